The second-order valence-corrected chi connectivity index (χ2v) is 11.7. The van der Waals surface area contributed by atoms with Crippen LogP contribution in [-0.4, -0.2) is 32.4 Å². The minimum absolute atomic E-state index is 0.0328. The van der Waals surface area contributed by atoms with E-state index in [0.717, 1.165) is 11.3 Å². The molecule has 0 aliphatic heterocycles. The van der Waals surface area contributed by atoms with Crippen molar-refractivity contribution in [2.75, 3.05) is 10.2 Å². The lowest BCUT2D eigenvalue weighted by atomic mass is 9.84. The monoisotopic (exact) mass is 562 g/mol. The summed E-state index contributed by atoms with van der Waals surface area (Å²) in [6, 6.07) is 24.1. The first kappa shape index (κ1) is 27.8. The van der Waals surface area contributed by atoms with Gasteiger partial charge in [-0.2, -0.15) is 5.21 Å². The minimum Gasteiger partial charge on any atom is -0.304 e. The maximum absolute atomic E-state index is 14.0. The molecule has 0 unspecified atom stereocenters. The number of rotatable bonds is 8. The van der Waals surface area contributed by atoms with Crippen LogP contribution in [0.1, 0.15) is 113 Å². The van der Waals surface area contributed by atoms with Crippen molar-refractivity contribution in [3.05, 3.63) is 101 Å². The van der Waals surface area contributed by atoms with Crippen LogP contribution in [0.25, 0.3) is 0 Å². The lowest BCUT2D eigenvalue weighted by molar-refractivity contribution is 0.0983. The van der Waals surface area contributed by atoms with E-state index in [-0.39, 0.29) is 17.8 Å². The van der Waals surface area contributed by atoms with E-state index in [4.69, 9.17) is 0 Å². The number of anilines is 2. The molecule has 2 saturated carbocycles. The highest BCUT2D eigenvalue weighted by Gasteiger charge is 2.22. The molecular weight excluding hydrogens is 524 g/mol. The first-order valence-corrected chi connectivity index (χ1v) is 15.3. The highest BCUT2D eigenvalue weighted by Crippen LogP contribution is 2.35. The van der Waals surface area contributed by atoms with Crippen LogP contribution in [0.2, 0.25) is 0 Å². The van der Waals surface area contributed by atoms with Gasteiger partial charge in [0.2, 0.25) is 0 Å². The Morgan fingerprint density at radius 1 is 0.714 bits per heavy atom. The number of benzene rings is 3. The number of carbonyl (C=O) groups excluding carboxylic acids is 2. The topological polar surface area (TPSA) is 104 Å². The van der Waals surface area contributed by atoms with Crippen molar-refractivity contribution in [1.82, 2.24) is 20.6 Å². The molecule has 2 amide bonds. The quantitative estimate of drug-likeness (QED) is 0.233. The van der Waals surface area contributed by atoms with Gasteiger partial charge in [-0.15, -0.1) is 5.10 Å². The van der Waals surface area contributed by atoms with Crippen molar-refractivity contribution in [2.45, 2.75) is 82.6 Å². The van der Waals surface area contributed by atoms with Gasteiger partial charge in [0.25, 0.3) is 17.8 Å². The predicted octanol–water partition coefficient (Wildman–Crippen LogP) is 7.39. The molecule has 0 saturated heterocycles. The number of hydrogen-bond donors (Lipinski definition) is 2. The summed E-state index contributed by atoms with van der Waals surface area (Å²) in [5.74, 6) is 0.964. The fourth-order valence-corrected chi connectivity index (χ4v) is 6.46. The van der Waals surface area contributed by atoms with Crippen molar-refractivity contribution >= 4 is 23.5 Å². The first-order valence-electron chi connectivity index (χ1n) is 15.3. The van der Waals surface area contributed by atoms with E-state index in [1.54, 1.807) is 12.1 Å². The SMILES string of the molecule is O=C(Nc1nn[nH]n1)c1ccc(CN(C(=O)c2ccc(C3CCCCC3)cc2)c2ccc(C3CCCCC3)cc2)cc1. The molecule has 4 aromatic rings. The van der Waals surface area contributed by atoms with Gasteiger partial charge in [0.1, 0.15) is 0 Å². The zero-order valence-corrected chi connectivity index (χ0v) is 24.0. The van der Waals surface area contributed by atoms with E-state index in [1.807, 2.05) is 29.2 Å². The third-order valence-electron chi connectivity index (χ3n) is 8.89. The van der Waals surface area contributed by atoms with Crippen LogP contribution in [0.3, 0.4) is 0 Å². The number of aromatic nitrogens is 4. The van der Waals surface area contributed by atoms with Crippen LogP contribution in [0.15, 0.2) is 72.8 Å². The van der Waals surface area contributed by atoms with E-state index in [2.05, 4.69) is 62.3 Å². The predicted molar refractivity (Wildman–Crippen MR) is 164 cm³/mol. The molecule has 0 bridgehead atoms. The Morgan fingerprint density at radius 2 is 1.26 bits per heavy atom. The van der Waals surface area contributed by atoms with Crippen molar-refractivity contribution in [1.29, 1.82) is 0 Å². The molecule has 0 radical (unpaired) electrons. The van der Waals surface area contributed by atoms with Gasteiger partial charge in [0.05, 0.1) is 6.54 Å². The van der Waals surface area contributed by atoms with Gasteiger partial charge in [-0.3, -0.25) is 14.9 Å². The molecule has 3 aromatic carbocycles. The van der Waals surface area contributed by atoms with E-state index < -0.39 is 0 Å². The van der Waals surface area contributed by atoms with Crippen molar-refractivity contribution in [2.24, 2.45) is 0 Å². The van der Waals surface area contributed by atoms with Gasteiger partial charge in [0, 0.05) is 16.8 Å². The molecule has 2 aliphatic carbocycles. The van der Waals surface area contributed by atoms with Crippen LogP contribution in [0, 0.1) is 0 Å². The third kappa shape index (κ3) is 6.59. The smallest absolute Gasteiger partial charge is 0.270 e. The number of nitrogens with one attached hydrogen (secondary N) is 2. The number of hydrogen-bond acceptors (Lipinski definition) is 5. The number of amides is 2. The Morgan fingerprint density at radius 3 is 1.81 bits per heavy atom. The van der Waals surface area contributed by atoms with Crippen LogP contribution in [0.5, 0.6) is 0 Å². The Hall–Kier alpha value is -4.33. The zero-order valence-electron chi connectivity index (χ0n) is 24.0. The van der Waals surface area contributed by atoms with Crippen LogP contribution >= 0.6 is 0 Å². The molecule has 1 aromatic heterocycles. The Bertz CT molecular complexity index is 1450. The summed E-state index contributed by atoms with van der Waals surface area (Å²) in [5, 5.41) is 15.9. The van der Waals surface area contributed by atoms with Crippen molar-refractivity contribution in [3.8, 4) is 0 Å². The van der Waals surface area contributed by atoms with Gasteiger partial charge in [-0.05, 0) is 95.8 Å². The summed E-state index contributed by atoms with van der Waals surface area (Å²) in [6.07, 6.45) is 12.7. The van der Waals surface area contributed by atoms with E-state index in [0.29, 0.717) is 29.5 Å². The van der Waals surface area contributed by atoms with Crippen LogP contribution < -0.4 is 10.2 Å². The summed E-state index contributed by atoms with van der Waals surface area (Å²) >= 11 is 0. The number of tetrazole rings is 1. The molecule has 42 heavy (non-hydrogen) atoms. The highest BCUT2D eigenvalue weighted by atomic mass is 16.2. The zero-order chi connectivity index (χ0) is 28.7. The summed E-state index contributed by atoms with van der Waals surface area (Å²) in [4.78, 5) is 28.4. The molecule has 2 fully saturated rings. The molecule has 0 spiro atoms. The second-order valence-electron chi connectivity index (χ2n) is 11.7. The van der Waals surface area contributed by atoms with Crippen molar-refractivity contribution in [3.63, 3.8) is 0 Å². The number of aromatic amines is 1. The number of H-pyrrole nitrogens is 1. The maximum Gasteiger partial charge on any atom is 0.270 e. The number of carbonyl (C=O) groups is 2. The van der Waals surface area contributed by atoms with Gasteiger partial charge >= 0.3 is 0 Å². The highest BCUT2D eigenvalue weighted by molar-refractivity contribution is 6.06. The van der Waals surface area contributed by atoms with Gasteiger partial charge in [-0.25, -0.2) is 0 Å². The lowest BCUT2D eigenvalue weighted by Crippen LogP contribution is -2.30. The molecule has 2 aliphatic rings. The standard InChI is InChI=1S/C34H38N6O2/c41-32(35-34-36-38-39-37-34)29-13-11-24(12-14-29)23-40(31-21-19-28(20-22-31)26-9-5-2-6-10-26)33(42)30-17-15-27(16-18-30)25-7-3-1-4-8-25/h11-22,25-26H,1-10,23H2,(H2,35,36,37,38,39,41). The van der Waals surface area contributed by atoms with Gasteiger partial charge < -0.3 is 4.90 Å². The molecule has 1 heterocycles. The Balaban J connectivity index is 1.22. The molecule has 8 heteroatoms. The summed E-state index contributed by atoms with van der Waals surface area (Å²) in [6.45, 7) is 0.388. The average Bonchev–Trinajstić information content (AvgIpc) is 3.58. The van der Waals surface area contributed by atoms with E-state index in [1.165, 1.54) is 75.3 Å². The minimum atomic E-state index is -0.327. The number of nitrogens with zero attached hydrogens (tertiary/aromatic N) is 4. The fourth-order valence-electron chi connectivity index (χ4n) is 6.46. The van der Waals surface area contributed by atoms with Gasteiger partial charge in [0.15, 0.2) is 0 Å². The maximum atomic E-state index is 14.0. The molecular formula is C34H38N6O2. The Kier molecular flexibility index (Phi) is 8.68. The molecule has 8 nitrogen and oxygen atoms in total. The normalized spacial score (nSPS) is 16.2. The molecule has 6 rings (SSSR count). The first-order chi connectivity index (χ1) is 20.6. The summed E-state index contributed by atoms with van der Waals surface area (Å²) < 4.78 is 0. The average molecular weight is 563 g/mol. The van der Waals surface area contributed by atoms with Crippen LogP contribution in [0.4, 0.5) is 11.6 Å². The lowest BCUT2D eigenvalue weighted by Gasteiger charge is -2.26. The summed E-state index contributed by atoms with van der Waals surface area (Å²) in [5.41, 5.74) is 5.65. The van der Waals surface area contributed by atoms with E-state index >= 15 is 0 Å². The Labute approximate surface area is 246 Å². The summed E-state index contributed by atoms with van der Waals surface area (Å²) in [7, 11) is 0. The molecule has 2 N–H and O–H groups in total. The van der Waals surface area contributed by atoms with E-state index in [9.17, 15) is 9.59 Å². The molecule has 216 valence electrons. The molecule has 0 atom stereocenters. The second kappa shape index (κ2) is 13.1. The third-order valence-corrected chi connectivity index (χ3v) is 8.89. The van der Waals surface area contributed by atoms with Crippen molar-refractivity contribution < 1.29 is 9.59 Å². The van der Waals surface area contributed by atoms with Crippen LogP contribution in [-0.2, 0) is 6.54 Å². The largest absolute Gasteiger partial charge is 0.304 e. The van der Waals surface area contributed by atoms with Gasteiger partial charge in [-0.1, -0.05) is 80.0 Å². The fraction of sp³-hybridized carbons (Fsp3) is 0.382.